The molecule has 6 nitrogen and oxygen atoms in total. The molecule has 0 fully saturated rings. The molecule has 6 heteroatoms. The number of ether oxygens (including phenoxy) is 1. The second-order valence-electron chi connectivity index (χ2n) is 6.74. The van der Waals surface area contributed by atoms with E-state index in [-0.39, 0.29) is 17.9 Å². The van der Waals surface area contributed by atoms with Gasteiger partial charge < -0.3 is 15.4 Å². The zero-order valence-corrected chi connectivity index (χ0v) is 16.4. The fourth-order valence-corrected chi connectivity index (χ4v) is 2.71. The molecule has 3 rings (SSSR count). The molecule has 0 aliphatic heterocycles. The first kappa shape index (κ1) is 20.1. The van der Waals surface area contributed by atoms with Gasteiger partial charge in [0.25, 0.3) is 11.8 Å². The standard InChI is InChI=1S/C23H23N3O3/c1-16(2)29-21-11-4-3-10-20(21)26-23(28)19-9-5-8-18(13-19)22(27)25-15-17-7-6-12-24-14-17/h3-14,16H,15H2,1-2H3,(H,25,27)(H,26,28). The summed E-state index contributed by atoms with van der Waals surface area (Å²) >= 11 is 0. The topological polar surface area (TPSA) is 80.3 Å². The maximum Gasteiger partial charge on any atom is 0.255 e. The van der Waals surface area contributed by atoms with E-state index in [9.17, 15) is 9.59 Å². The van der Waals surface area contributed by atoms with Crippen molar-refractivity contribution in [2.45, 2.75) is 26.5 Å². The van der Waals surface area contributed by atoms with E-state index < -0.39 is 0 Å². The Morgan fingerprint density at radius 3 is 2.45 bits per heavy atom. The van der Waals surface area contributed by atoms with E-state index in [1.54, 1.807) is 48.8 Å². The van der Waals surface area contributed by atoms with E-state index in [2.05, 4.69) is 15.6 Å². The molecule has 0 spiro atoms. The van der Waals surface area contributed by atoms with E-state index in [4.69, 9.17) is 4.74 Å². The van der Waals surface area contributed by atoms with Gasteiger partial charge in [0.05, 0.1) is 11.8 Å². The molecule has 2 amide bonds. The van der Waals surface area contributed by atoms with Gasteiger partial charge in [0.15, 0.2) is 0 Å². The van der Waals surface area contributed by atoms with Gasteiger partial charge in [0.1, 0.15) is 5.75 Å². The summed E-state index contributed by atoms with van der Waals surface area (Å²) in [4.78, 5) is 29.2. The number of nitrogens with one attached hydrogen (secondary N) is 2. The molecule has 1 aromatic heterocycles. The van der Waals surface area contributed by atoms with Crippen molar-refractivity contribution in [3.05, 3.63) is 89.7 Å². The lowest BCUT2D eigenvalue weighted by Crippen LogP contribution is -2.23. The van der Waals surface area contributed by atoms with E-state index in [0.29, 0.717) is 29.1 Å². The first-order valence-electron chi connectivity index (χ1n) is 9.37. The number of para-hydroxylation sites is 2. The SMILES string of the molecule is CC(C)Oc1ccccc1NC(=O)c1cccc(C(=O)NCc2cccnc2)c1. The second-order valence-corrected chi connectivity index (χ2v) is 6.74. The van der Waals surface area contributed by atoms with Crippen molar-refractivity contribution in [2.75, 3.05) is 5.32 Å². The van der Waals surface area contributed by atoms with Crippen molar-refractivity contribution in [1.82, 2.24) is 10.3 Å². The molecule has 0 atom stereocenters. The summed E-state index contributed by atoms with van der Waals surface area (Å²) in [6, 6.07) is 17.5. The van der Waals surface area contributed by atoms with Crippen LogP contribution in [0.1, 0.15) is 40.1 Å². The molecule has 148 valence electrons. The number of nitrogens with zero attached hydrogens (tertiary/aromatic N) is 1. The maximum absolute atomic E-state index is 12.7. The van der Waals surface area contributed by atoms with Crippen LogP contribution in [0.15, 0.2) is 73.1 Å². The third kappa shape index (κ3) is 5.65. The van der Waals surface area contributed by atoms with Gasteiger partial charge in [-0.3, -0.25) is 14.6 Å². The molecule has 3 aromatic rings. The van der Waals surface area contributed by atoms with Gasteiger partial charge in [0, 0.05) is 30.1 Å². The largest absolute Gasteiger partial charge is 0.489 e. The van der Waals surface area contributed by atoms with E-state index in [0.717, 1.165) is 5.56 Å². The quantitative estimate of drug-likeness (QED) is 0.639. The van der Waals surface area contributed by atoms with Crippen molar-refractivity contribution in [2.24, 2.45) is 0 Å². The number of rotatable bonds is 7. The molecule has 0 aliphatic carbocycles. The van der Waals surface area contributed by atoms with E-state index >= 15 is 0 Å². The number of anilines is 1. The van der Waals surface area contributed by atoms with Gasteiger partial charge in [-0.05, 0) is 55.8 Å². The Hall–Kier alpha value is -3.67. The zero-order valence-electron chi connectivity index (χ0n) is 16.4. The molecule has 0 saturated heterocycles. The second kappa shape index (κ2) is 9.50. The Morgan fingerprint density at radius 1 is 0.966 bits per heavy atom. The van der Waals surface area contributed by atoms with Gasteiger partial charge >= 0.3 is 0 Å². The Bertz CT molecular complexity index is 987. The summed E-state index contributed by atoms with van der Waals surface area (Å²) in [5, 5.41) is 5.68. The fourth-order valence-electron chi connectivity index (χ4n) is 2.71. The third-order valence-corrected chi connectivity index (χ3v) is 4.06. The van der Waals surface area contributed by atoms with Crippen LogP contribution in [-0.2, 0) is 6.54 Å². The number of hydrogen-bond donors (Lipinski definition) is 2. The lowest BCUT2D eigenvalue weighted by molar-refractivity contribution is 0.0951. The molecule has 2 aromatic carbocycles. The smallest absolute Gasteiger partial charge is 0.255 e. The Morgan fingerprint density at radius 2 is 1.72 bits per heavy atom. The normalized spacial score (nSPS) is 10.4. The molecule has 2 N–H and O–H groups in total. The summed E-state index contributed by atoms with van der Waals surface area (Å²) < 4.78 is 5.73. The molecule has 1 heterocycles. The Labute approximate surface area is 169 Å². The zero-order chi connectivity index (χ0) is 20.6. The predicted molar refractivity (Wildman–Crippen MR) is 112 cm³/mol. The number of aromatic nitrogens is 1. The van der Waals surface area contributed by atoms with Crippen LogP contribution >= 0.6 is 0 Å². The van der Waals surface area contributed by atoms with E-state index in [1.165, 1.54) is 0 Å². The number of benzene rings is 2. The summed E-state index contributed by atoms with van der Waals surface area (Å²) in [6.45, 7) is 4.21. The lowest BCUT2D eigenvalue weighted by Gasteiger charge is -2.15. The summed E-state index contributed by atoms with van der Waals surface area (Å²) in [5.41, 5.74) is 2.28. The monoisotopic (exact) mass is 389 g/mol. The highest BCUT2D eigenvalue weighted by Gasteiger charge is 2.13. The van der Waals surface area contributed by atoms with Gasteiger partial charge in [-0.15, -0.1) is 0 Å². The average molecular weight is 389 g/mol. The first-order valence-corrected chi connectivity index (χ1v) is 9.37. The maximum atomic E-state index is 12.7. The van der Waals surface area contributed by atoms with Crippen LogP contribution in [0.5, 0.6) is 5.75 Å². The first-order chi connectivity index (χ1) is 14.0. The molecule has 0 aliphatic rings. The minimum Gasteiger partial charge on any atom is -0.489 e. The molecule has 29 heavy (non-hydrogen) atoms. The molecule has 0 saturated carbocycles. The summed E-state index contributed by atoms with van der Waals surface area (Å²) in [6.07, 6.45) is 3.36. The predicted octanol–water partition coefficient (Wildman–Crippen LogP) is 4.05. The highest BCUT2D eigenvalue weighted by Crippen LogP contribution is 2.25. The molecule has 0 unspecified atom stereocenters. The summed E-state index contributed by atoms with van der Waals surface area (Å²) in [7, 11) is 0. The minimum absolute atomic E-state index is 0.0140. The van der Waals surface area contributed by atoms with Crippen LogP contribution in [0, 0.1) is 0 Å². The number of hydrogen-bond acceptors (Lipinski definition) is 4. The van der Waals surface area contributed by atoms with Gasteiger partial charge in [-0.2, -0.15) is 0 Å². The Kier molecular flexibility index (Phi) is 6.58. The van der Waals surface area contributed by atoms with Crippen molar-refractivity contribution < 1.29 is 14.3 Å². The molecule has 0 radical (unpaired) electrons. The molecule has 0 bridgehead atoms. The van der Waals surface area contributed by atoms with Crippen LogP contribution in [0.3, 0.4) is 0 Å². The van der Waals surface area contributed by atoms with Crippen molar-refractivity contribution in [1.29, 1.82) is 0 Å². The third-order valence-electron chi connectivity index (χ3n) is 4.06. The number of pyridine rings is 1. The van der Waals surface area contributed by atoms with Crippen molar-refractivity contribution in [3.63, 3.8) is 0 Å². The highest BCUT2D eigenvalue weighted by atomic mass is 16.5. The van der Waals surface area contributed by atoms with Crippen LogP contribution in [-0.4, -0.2) is 22.9 Å². The summed E-state index contributed by atoms with van der Waals surface area (Å²) in [5.74, 6) is 0.0278. The van der Waals surface area contributed by atoms with Crippen LogP contribution < -0.4 is 15.4 Å². The van der Waals surface area contributed by atoms with Crippen LogP contribution in [0.4, 0.5) is 5.69 Å². The Balaban J connectivity index is 1.69. The molecular weight excluding hydrogens is 366 g/mol. The van der Waals surface area contributed by atoms with Crippen LogP contribution in [0.25, 0.3) is 0 Å². The number of carbonyl (C=O) groups excluding carboxylic acids is 2. The molecular formula is C23H23N3O3. The van der Waals surface area contributed by atoms with Gasteiger partial charge in [-0.25, -0.2) is 0 Å². The van der Waals surface area contributed by atoms with Crippen LogP contribution in [0.2, 0.25) is 0 Å². The minimum atomic E-state index is -0.313. The van der Waals surface area contributed by atoms with Crippen molar-refractivity contribution >= 4 is 17.5 Å². The number of carbonyl (C=O) groups is 2. The average Bonchev–Trinajstić information content (AvgIpc) is 2.74. The number of amides is 2. The van der Waals surface area contributed by atoms with Crippen molar-refractivity contribution in [3.8, 4) is 5.75 Å². The van der Waals surface area contributed by atoms with Gasteiger partial charge in [-0.1, -0.05) is 24.3 Å². The highest BCUT2D eigenvalue weighted by molar-refractivity contribution is 6.06. The van der Waals surface area contributed by atoms with Gasteiger partial charge in [0.2, 0.25) is 0 Å². The lowest BCUT2D eigenvalue weighted by atomic mass is 10.1. The van der Waals surface area contributed by atoms with E-state index in [1.807, 2.05) is 38.1 Å². The fraction of sp³-hybridized carbons (Fsp3) is 0.174.